The summed E-state index contributed by atoms with van der Waals surface area (Å²) < 4.78 is 45.1. The van der Waals surface area contributed by atoms with Crippen LogP contribution in [0, 0.1) is 0 Å². The Hall–Kier alpha value is -2.09. The van der Waals surface area contributed by atoms with E-state index in [1.54, 1.807) is 17.0 Å². The first-order valence-corrected chi connectivity index (χ1v) is 7.89. The molecule has 2 rings (SSSR count). The molecule has 25 heavy (non-hydrogen) atoms. The fourth-order valence-corrected chi connectivity index (χ4v) is 3.12. The molecule has 1 atom stereocenters. The molecule has 0 radical (unpaired) electrons. The predicted molar refractivity (Wildman–Crippen MR) is 83.2 cm³/mol. The van der Waals surface area contributed by atoms with Crippen LogP contribution in [0.3, 0.4) is 0 Å². The van der Waals surface area contributed by atoms with Crippen LogP contribution in [0.15, 0.2) is 24.3 Å². The van der Waals surface area contributed by atoms with E-state index in [1.165, 1.54) is 26.2 Å². The van der Waals surface area contributed by atoms with E-state index in [9.17, 15) is 22.8 Å². The summed E-state index contributed by atoms with van der Waals surface area (Å²) in [6.07, 6.45) is -3.32. The van der Waals surface area contributed by atoms with E-state index < -0.39 is 18.4 Å². The van der Waals surface area contributed by atoms with Gasteiger partial charge in [0.1, 0.15) is 5.75 Å². The lowest BCUT2D eigenvalue weighted by Crippen LogP contribution is -2.49. The summed E-state index contributed by atoms with van der Waals surface area (Å²) in [6.45, 7) is 2.42. The Kier molecular flexibility index (Phi) is 6.05. The molecule has 1 aliphatic rings. The Labute approximate surface area is 143 Å². The molecule has 0 aliphatic carbocycles. The van der Waals surface area contributed by atoms with Crippen molar-refractivity contribution < 1.29 is 32.2 Å². The molecule has 1 heterocycles. The first kappa shape index (κ1) is 19.2. The number of nitrogens with zero attached hydrogens (tertiary/aromatic N) is 1. The number of benzene rings is 1. The third-order valence-corrected chi connectivity index (χ3v) is 4.29. The van der Waals surface area contributed by atoms with E-state index in [4.69, 9.17) is 0 Å². The summed E-state index contributed by atoms with van der Waals surface area (Å²) in [5.74, 6) is -0.934. The van der Waals surface area contributed by atoms with Crippen LogP contribution >= 0.6 is 0 Å². The molecule has 0 N–H and O–H groups in total. The average Bonchev–Trinajstić information content (AvgIpc) is 2.54. The SMILES string of the molecule is COC(=O)C(C(C)=O)N1CCC(c2ccc(OC(F)(F)F)cc2)CC1. The molecule has 1 fully saturated rings. The van der Waals surface area contributed by atoms with Gasteiger partial charge in [0, 0.05) is 0 Å². The standard InChI is InChI=1S/C17H20F3NO4/c1-11(22)15(16(23)24-2)21-9-7-13(8-10-21)12-3-5-14(6-4-12)25-17(18,19)20/h3-6,13,15H,7-10H2,1-2H3. The van der Waals surface area contributed by atoms with E-state index in [-0.39, 0.29) is 17.5 Å². The molecule has 5 nitrogen and oxygen atoms in total. The fraction of sp³-hybridized carbons (Fsp3) is 0.529. The zero-order valence-corrected chi connectivity index (χ0v) is 14.0. The van der Waals surface area contributed by atoms with Gasteiger partial charge in [-0.3, -0.25) is 9.69 Å². The Morgan fingerprint density at radius 2 is 1.72 bits per heavy atom. The number of ketones is 1. The highest BCUT2D eigenvalue weighted by atomic mass is 19.4. The largest absolute Gasteiger partial charge is 0.573 e. The zero-order valence-electron chi connectivity index (χ0n) is 14.0. The van der Waals surface area contributed by atoms with Crippen LogP contribution in [0.2, 0.25) is 0 Å². The number of rotatable bonds is 5. The lowest BCUT2D eigenvalue weighted by Gasteiger charge is -2.35. The van der Waals surface area contributed by atoms with Crippen molar-refractivity contribution >= 4 is 11.8 Å². The van der Waals surface area contributed by atoms with Gasteiger partial charge in [-0.05, 0) is 56.5 Å². The van der Waals surface area contributed by atoms with Gasteiger partial charge >= 0.3 is 12.3 Å². The molecule has 0 saturated carbocycles. The third-order valence-electron chi connectivity index (χ3n) is 4.29. The Balaban J connectivity index is 1.97. The molecular weight excluding hydrogens is 339 g/mol. The first-order valence-electron chi connectivity index (χ1n) is 7.89. The molecule has 0 spiro atoms. The highest BCUT2D eigenvalue weighted by molar-refractivity contribution is 6.01. The molecule has 1 aromatic carbocycles. The van der Waals surface area contributed by atoms with Gasteiger partial charge in [-0.25, -0.2) is 4.79 Å². The summed E-state index contributed by atoms with van der Waals surface area (Å²) in [6, 6.07) is 4.92. The van der Waals surface area contributed by atoms with Crippen LogP contribution in [0.1, 0.15) is 31.2 Å². The van der Waals surface area contributed by atoms with E-state index in [2.05, 4.69) is 9.47 Å². The van der Waals surface area contributed by atoms with Crippen LogP contribution in [0.4, 0.5) is 13.2 Å². The molecular formula is C17H20F3NO4. The zero-order chi connectivity index (χ0) is 18.6. The van der Waals surface area contributed by atoms with Crippen LogP contribution < -0.4 is 4.74 Å². The Bertz CT molecular complexity index is 607. The predicted octanol–water partition coefficient (Wildman–Crippen LogP) is 2.90. The molecule has 0 amide bonds. The number of ether oxygens (including phenoxy) is 2. The van der Waals surface area contributed by atoms with Gasteiger partial charge in [-0.1, -0.05) is 12.1 Å². The van der Waals surface area contributed by atoms with E-state index in [1.807, 2.05) is 0 Å². The quantitative estimate of drug-likeness (QED) is 0.598. The molecule has 0 aromatic heterocycles. The lowest BCUT2D eigenvalue weighted by molar-refractivity contribution is -0.274. The minimum absolute atomic E-state index is 0.154. The number of halogens is 3. The maximum atomic E-state index is 12.2. The molecule has 1 aromatic rings. The summed E-state index contributed by atoms with van der Waals surface area (Å²) >= 11 is 0. The summed E-state index contributed by atoms with van der Waals surface area (Å²) in [4.78, 5) is 25.2. The third kappa shape index (κ3) is 5.19. The molecule has 8 heteroatoms. The number of piperidine rings is 1. The molecule has 1 aliphatic heterocycles. The van der Waals surface area contributed by atoms with Crippen molar-refractivity contribution in [3.8, 4) is 5.75 Å². The second kappa shape index (κ2) is 7.86. The van der Waals surface area contributed by atoms with Crippen molar-refractivity contribution in [2.75, 3.05) is 20.2 Å². The minimum atomic E-state index is -4.71. The van der Waals surface area contributed by atoms with Crippen LogP contribution in [0.5, 0.6) is 5.75 Å². The number of methoxy groups -OCH3 is 1. The first-order chi connectivity index (χ1) is 11.7. The number of hydrogen-bond acceptors (Lipinski definition) is 5. The second-order valence-corrected chi connectivity index (χ2v) is 5.96. The van der Waals surface area contributed by atoms with Gasteiger partial charge in [0.15, 0.2) is 11.8 Å². The lowest BCUT2D eigenvalue weighted by atomic mass is 9.88. The van der Waals surface area contributed by atoms with Crippen LogP contribution in [0.25, 0.3) is 0 Å². The van der Waals surface area contributed by atoms with Gasteiger partial charge in [0.2, 0.25) is 0 Å². The summed E-state index contributed by atoms with van der Waals surface area (Å²) in [7, 11) is 1.25. The number of Topliss-reactive ketones (excluding diaryl/α,β-unsaturated/α-hetero) is 1. The Morgan fingerprint density at radius 1 is 1.16 bits per heavy atom. The van der Waals surface area contributed by atoms with E-state index in [0.717, 1.165) is 5.56 Å². The highest BCUT2D eigenvalue weighted by Gasteiger charge is 2.34. The molecule has 1 saturated heterocycles. The summed E-state index contributed by atoms with van der Waals surface area (Å²) in [5, 5.41) is 0. The van der Waals surface area contributed by atoms with Crippen molar-refractivity contribution in [2.24, 2.45) is 0 Å². The minimum Gasteiger partial charge on any atom is -0.468 e. The number of hydrogen-bond donors (Lipinski definition) is 0. The average molecular weight is 359 g/mol. The van der Waals surface area contributed by atoms with Crippen LogP contribution in [-0.2, 0) is 14.3 Å². The van der Waals surface area contributed by atoms with Gasteiger partial charge < -0.3 is 9.47 Å². The number of esters is 1. The fourth-order valence-electron chi connectivity index (χ4n) is 3.12. The van der Waals surface area contributed by atoms with Crippen molar-refractivity contribution in [3.63, 3.8) is 0 Å². The number of alkyl halides is 3. The number of carbonyl (C=O) groups is 2. The van der Waals surface area contributed by atoms with Crippen molar-refractivity contribution in [3.05, 3.63) is 29.8 Å². The van der Waals surface area contributed by atoms with Crippen molar-refractivity contribution in [2.45, 2.75) is 38.1 Å². The maximum absolute atomic E-state index is 12.2. The van der Waals surface area contributed by atoms with E-state index >= 15 is 0 Å². The Morgan fingerprint density at radius 3 is 2.16 bits per heavy atom. The molecule has 0 bridgehead atoms. The van der Waals surface area contributed by atoms with Gasteiger partial charge in [-0.2, -0.15) is 0 Å². The van der Waals surface area contributed by atoms with Crippen LogP contribution in [-0.4, -0.2) is 49.3 Å². The monoisotopic (exact) mass is 359 g/mol. The smallest absolute Gasteiger partial charge is 0.468 e. The highest BCUT2D eigenvalue weighted by Crippen LogP contribution is 2.31. The van der Waals surface area contributed by atoms with Gasteiger partial charge in [-0.15, -0.1) is 13.2 Å². The van der Waals surface area contributed by atoms with Crippen molar-refractivity contribution in [1.29, 1.82) is 0 Å². The van der Waals surface area contributed by atoms with E-state index in [0.29, 0.717) is 25.9 Å². The summed E-state index contributed by atoms with van der Waals surface area (Å²) in [5.41, 5.74) is 0.909. The van der Waals surface area contributed by atoms with Crippen molar-refractivity contribution in [1.82, 2.24) is 4.90 Å². The normalized spacial score (nSPS) is 17.8. The topological polar surface area (TPSA) is 55.8 Å². The maximum Gasteiger partial charge on any atom is 0.573 e. The molecule has 1 unspecified atom stereocenters. The molecule has 138 valence electrons. The van der Waals surface area contributed by atoms with Gasteiger partial charge in [0.25, 0.3) is 0 Å². The van der Waals surface area contributed by atoms with Gasteiger partial charge in [0.05, 0.1) is 7.11 Å². The second-order valence-electron chi connectivity index (χ2n) is 5.96. The number of likely N-dealkylation sites (tertiary alicyclic amines) is 1. The number of carbonyl (C=O) groups excluding carboxylic acids is 2.